The van der Waals surface area contributed by atoms with Crippen LogP contribution >= 0.6 is 0 Å². The molecule has 1 aliphatic heterocycles. The number of imidazole rings is 1. The molecule has 3 aromatic rings. The lowest BCUT2D eigenvalue weighted by molar-refractivity contribution is 0.0793. The van der Waals surface area contributed by atoms with Gasteiger partial charge in [0.1, 0.15) is 5.52 Å². The van der Waals surface area contributed by atoms with E-state index in [0.29, 0.717) is 27.6 Å². The summed E-state index contributed by atoms with van der Waals surface area (Å²) in [6.07, 6.45) is 2.95. The molecule has 0 saturated carbocycles. The number of anilines is 1. The maximum Gasteiger partial charge on any atom is 0.328 e. The van der Waals surface area contributed by atoms with Gasteiger partial charge in [-0.3, -0.25) is 14.1 Å². The SMILES string of the molecule is CCCS(=N)c1nc(N)c2[nH]c(=O)n(Cc3ccc(C(=O)N4CCCC4)cc3)c2n1. The van der Waals surface area contributed by atoms with Crippen LogP contribution in [0.25, 0.3) is 11.2 Å². The highest BCUT2D eigenvalue weighted by Crippen LogP contribution is 2.18. The van der Waals surface area contributed by atoms with Crippen LogP contribution in [-0.4, -0.2) is 49.2 Å². The van der Waals surface area contributed by atoms with E-state index in [4.69, 9.17) is 10.5 Å². The molecule has 1 amide bonds. The summed E-state index contributed by atoms with van der Waals surface area (Å²) in [5, 5.41) is 0.348. The van der Waals surface area contributed by atoms with Gasteiger partial charge in [-0.1, -0.05) is 19.1 Å². The summed E-state index contributed by atoms with van der Waals surface area (Å²) < 4.78 is 9.73. The zero-order chi connectivity index (χ0) is 21.3. The number of likely N-dealkylation sites (tertiary alicyclic amines) is 1. The fraction of sp³-hybridized carbons (Fsp3) is 0.400. The average molecular weight is 428 g/mol. The lowest BCUT2D eigenvalue weighted by Gasteiger charge is -2.15. The number of fused-ring (bicyclic) bond motifs is 1. The molecule has 1 aromatic carbocycles. The fourth-order valence-corrected chi connectivity index (χ4v) is 4.62. The van der Waals surface area contributed by atoms with Crippen molar-refractivity contribution in [3.8, 4) is 0 Å². The van der Waals surface area contributed by atoms with Crippen molar-refractivity contribution >= 4 is 33.6 Å². The summed E-state index contributed by atoms with van der Waals surface area (Å²) in [6, 6.07) is 7.30. The normalized spacial score (nSPS) is 15.0. The Morgan fingerprint density at radius 3 is 2.60 bits per heavy atom. The van der Waals surface area contributed by atoms with E-state index in [0.717, 1.165) is 37.9 Å². The minimum absolute atomic E-state index is 0.0480. The molecule has 3 heterocycles. The molecule has 1 unspecified atom stereocenters. The van der Waals surface area contributed by atoms with E-state index in [9.17, 15) is 9.59 Å². The van der Waals surface area contributed by atoms with Crippen LogP contribution in [-0.2, 0) is 17.2 Å². The first-order chi connectivity index (χ1) is 14.5. The van der Waals surface area contributed by atoms with Crippen molar-refractivity contribution in [3.05, 3.63) is 45.9 Å². The molecule has 30 heavy (non-hydrogen) atoms. The second kappa shape index (κ2) is 8.39. The smallest absolute Gasteiger partial charge is 0.328 e. The van der Waals surface area contributed by atoms with Gasteiger partial charge in [-0.25, -0.2) is 14.8 Å². The van der Waals surface area contributed by atoms with Gasteiger partial charge >= 0.3 is 5.69 Å². The molecule has 0 radical (unpaired) electrons. The Bertz CT molecular complexity index is 1160. The van der Waals surface area contributed by atoms with Crippen LogP contribution in [0.15, 0.2) is 34.2 Å². The molecule has 0 aliphatic carbocycles. The van der Waals surface area contributed by atoms with E-state index in [-0.39, 0.29) is 24.0 Å². The molecule has 0 bridgehead atoms. The minimum Gasteiger partial charge on any atom is -0.382 e. The summed E-state index contributed by atoms with van der Waals surface area (Å²) in [5.41, 5.74) is 8.00. The molecule has 1 atom stereocenters. The first-order valence-corrected chi connectivity index (χ1v) is 11.4. The molecule has 1 aliphatic rings. The Kier molecular flexibility index (Phi) is 5.67. The third-order valence-electron chi connectivity index (χ3n) is 5.19. The standard InChI is InChI=1S/C20H25N7O2S/c1-2-11-30(22)19-24-16(21)15-17(25-19)27(20(29)23-15)12-13-5-7-14(8-6-13)18(28)26-9-3-4-10-26/h5-8,22H,2-4,9-12H2,1H3,(H,23,29)(H2,21,24,25). The minimum atomic E-state index is -0.879. The Labute approximate surface area is 176 Å². The second-order valence-electron chi connectivity index (χ2n) is 7.40. The average Bonchev–Trinajstić information content (AvgIpc) is 3.38. The van der Waals surface area contributed by atoms with E-state index in [1.54, 1.807) is 12.1 Å². The number of nitrogens with two attached hydrogens (primary N) is 1. The monoisotopic (exact) mass is 427 g/mol. The molecule has 10 heteroatoms. The van der Waals surface area contributed by atoms with Gasteiger partial charge in [0, 0.05) is 24.4 Å². The molecule has 9 nitrogen and oxygen atoms in total. The Morgan fingerprint density at radius 2 is 1.93 bits per heavy atom. The summed E-state index contributed by atoms with van der Waals surface area (Å²) in [7, 11) is -0.879. The van der Waals surface area contributed by atoms with Gasteiger partial charge in [0.2, 0.25) is 5.16 Å². The molecule has 0 spiro atoms. The van der Waals surface area contributed by atoms with Crippen LogP contribution in [0.4, 0.5) is 5.82 Å². The largest absolute Gasteiger partial charge is 0.382 e. The molecule has 4 rings (SSSR count). The van der Waals surface area contributed by atoms with Crippen LogP contribution < -0.4 is 11.4 Å². The van der Waals surface area contributed by atoms with E-state index in [1.165, 1.54) is 4.57 Å². The molecule has 4 N–H and O–H groups in total. The molecular weight excluding hydrogens is 402 g/mol. The molecule has 1 saturated heterocycles. The van der Waals surface area contributed by atoms with Crippen molar-refractivity contribution in [1.82, 2.24) is 24.4 Å². The highest BCUT2D eigenvalue weighted by molar-refractivity contribution is 7.85. The number of aromatic amines is 1. The quantitative estimate of drug-likeness (QED) is 0.518. The number of carbonyl (C=O) groups excluding carboxylic acids is 1. The van der Waals surface area contributed by atoms with Crippen LogP contribution in [0.1, 0.15) is 42.1 Å². The highest BCUT2D eigenvalue weighted by Gasteiger charge is 2.20. The Hall–Kier alpha value is -3.01. The van der Waals surface area contributed by atoms with Crippen LogP contribution in [0.2, 0.25) is 0 Å². The van der Waals surface area contributed by atoms with Gasteiger partial charge in [0.15, 0.2) is 11.5 Å². The van der Waals surface area contributed by atoms with Crippen molar-refractivity contribution in [2.45, 2.75) is 37.9 Å². The maximum atomic E-state index is 12.5. The first kappa shape index (κ1) is 20.3. The van der Waals surface area contributed by atoms with Gasteiger partial charge in [-0.2, -0.15) is 0 Å². The third kappa shape index (κ3) is 3.87. The zero-order valence-electron chi connectivity index (χ0n) is 16.9. The van der Waals surface area contributed by atoms with Crippen molar-refractivity contribution < 1.29 is 4.79 Å². The Morgan fingerprint density at radius 1 is 1.23 bits per heavy atom. The molecular formula is C20H25N7O2S. The third-order valence-corrected chi connectivity index (χ3v) is 6.63. The zero-order valence-corrected chi connectivity index (χ0v) is 17.7. The lowest BCUT2D eigenvalue weighted by atomic mass is 10.1. The molecule has 158 valence electrons. The number of carbonyl (C=O) groups is 1. The van der Waals surface area contributed by atoms with E-state index < -0.39 is 10.7 Å². The second-order valence-corrected chi connectivity index (χ2v) is 8.95. The number of H-pyrrole nitrogens is 1. The van der Waals surface area contributed by atoms with Crippen molar-refractivity contribution in [1.29, 1.82) is 4.78 Å². The van der Waals surface area contributed by atoms with Crippen molar-refractivity contribution in [2.24, 2.45) is 0 Å². The number of nitrogens with one attached hydrogen (secondary N) is 2. The maximum absolute atomic E-state index is 12.5. The van der Waals surface area contributed by atoms with Crippen LogP contribution in [0, 0.1) is 4.78 Å². The number of benzene rings is 1. The van der Waals surface area contributed by atoms with Gasteiger partial charge in [0.05, 0.1) is 6.54 Å². The topological polar surface area (TPSA) is 134 Å². The van der Waals surface area contributed by atoms with Gasteiger partial charge in [0.25, 0.3) is 5.91 Å². The van der Waals surface area contributed by atoms with Crippen LogP contribution in [0.5, 0.6) is 0 Å². The predicted octanol–water partition coefficient (Wildman–Crippen LogP) is 2.14. The van der Waals surface area contributed by atoms with Gasteiger partial charge in [-0.05, 0) is 47.6 Å². The van der Waals surface area contributed by atoms with Crippen molar-refractivity contribution in [3.63, 3.8) is 0 Å². The number of aromatic nitrogens is 4. The first-order valence-electron chi connectivity index (χ1n) is 10.0. The molecule has 1 fully saturated rings. The number of nitrogen functional groups attached to an aromatic ring is 1. The van der Waals surface area contributed by atoms with Gasteiger partial charge in [-0.15, -0.1) is 0 Å². The Balaban J connectivity index is 1.63. The summed E-state index contributed by atoms with van der Waals surface area (Å²) in [6.45, 7) is 3.90. The van der Waals surface area contributed by atoms with Crippen LogP contribution in [0.3, 0.4) is 0 Å². The highest BCUT2D eigenvalue weighted by atomic mass is 32.2. The van der Waals surface area contributed by atoms with E-state index >= 15 is 0 Å². The van der Waals surface area contributed by atoms with Gasteiger partial charge < -0.3 is 15.6 Å². The predicted molar refractivity (Wildman–Crippen MR) is 117 cm³/mol. The summed E-state index contributed by atoms with van der Waals surface area (Å²) >= 11 is 0. The number of amides is 1. The molecule has 2 aromatic heterocycles. The lowest BCUT2D eigenvalue weighted by Crippen LogP contribution is -2.27. The number of hydrogen-bond acceptors (Lipinski definition) is 6. The number of rotatable bonds is 6. The summed E-state index contributed by atoms with van der Waals surface area (Å²) in [4.78, 5) is 38.3. The van der Waals surface area contributed by atoms with E-state index in [1.807, 2.05) is 24.0 Å². The number of nitrogens with zero attached hydrogens (tertiary/aromatic N) is 4. The number of hydrogen-bond donors (Lipinski definition) is 3. The van der Waals surface area contributed by atoms with E-state index in [2.05, 4.69) is 15.0 Å². The van der Waals surface area contributed by atoms with Crippen molar-refractivity contribution in [2.75, 3.05) is 24.6 Å². The fourth-order valence-electron chi connectivity index (χ4n) is 3.62. The summed E-state index contributed by atoms with van der Waals surface area (Å²) in [5.74, 6) is 0.872.